The SMILES string of the molecule is c1ccc2c(c1)OCCN2Cc1cnc[nH]1. The summed E-state index contributed by atoms with van der Waals surface area (Å²) in [4.78, 5) is 9.45. The van der Waals surface area contributed by atoms with Gasteiger partial charge in [-0.15, -0.1) is 0 Å². The van der Waals surface area contributed by atoms with Crippen LogP contribution in [0.25, 0.3) is 0 Å². The highest BCUT2D eigenvalue weighted by molar-refractivity contribution is 5.59. The highest BCUT2D eigenvalue weighted by atomic mass is 16.5. The highest BCUT2D eigenvalue weighted by Crippen LogP contribution is 2.31. The number of H-pyrrole nitrogens is 1. The van der Waals surface area contributed by atoms with E-state index in [1.54, 1.807) is 6.33 Å². The van der Waals surface area contributed by atoms with Crippen molar-refractivity contribution >= 4 is 5.69 Å². The van der Waals surface area contributed by atoms with Crippen LogP contribution in [0.2, 0.25) is 0 Å². The quantitative estimate of drug-likeness (QED) is 0.830. The predicted octanol–water partition coefficient (Wildman–Crippen LogP) is 1.81. The molecule has 0 bridgehead atoms. The molecule has 2 aromatic rings. The van der Waals surface area contributed by atoms with Crippen molar-refractivity contribution in [3.8, 4) is 5.75 Å². The molecule has 0 unspecified atom stereocenters. The molecule has 0 amide bonds. The van der Waals surface area contributed by atoms with Crippen molar-refractivity contribution in [1.29, 1.82) is 0 Å². The minimum atomic E-state index is 0.741. The molecule has 0 spiro atoms. The van der Waals surface area contributed by atoms with Crippen molar-refractivity contribution in [3.05, 3.63) is 42.5 Å². The Morgan fingerprint density at radius 2 is 2.31 bits per heavy atom. The molecule has 3 rings (SSSR count). The summed E-state index contributed by atoms with van der Waals surface area (Å²) in [7, 11) is 0. The fourth-order valence-electron chi connectivity index (χ4n) is 1.97. The van der Waals surface area contributed by atoms with Crippen LogP contribution in [-0.4, -0.2) is 23.1 Å². The van der Waals surface area contributed by atoms with E-state index in [2.05, 4.69) is 20.9 Å². The van der Waals surface area contributed by atoms with Gasteiger partial charge in [-0.2, -0.15) is 0 Å². The highest BCUT2D eigenvalue weighted by Gasteiger charge is 2.17. The first-order valence-electron chi connectivity index (χ1n) is 5.37. The molecule has 0 saturated carbocycles. The van der Waals surface area contributed by atoms with E-state index in [9.17, 15) is 0 Å². The number of fused-ring (bicyclic) bond motifs is 1. The van der Waals surface area contributed by atoms with E-state index < -0.39 is 0 Å². The van der Waals surface area contributed by atoms with Gasteiger partial charge in [0.25, 0.3) is 0 Å². The van der Waals surface area contributed by atoms with Crippen LogP contribution in [0, 0.1) is 0 Å². The third-order valence-corrected chi connectivity index (χ3v) is 2.74. The monoisotopic (exact) mass is 215 g/mol. The van der Waals surface area contributed by atoms with Crippen LogP contribution < -0.4 is 9.64 Å². The number of hydrogen-bond donors (Lipinski definition) is 1. The van der Waals surface area contributed by atoms with Crippen LogP contribution in [0.1, 0.15) is 5.69 Å². The molecule has 82 valence electrons. The van der Waals surface area contributed by atoms with Gasteiger partial charge in [0.15, 0.2) is 0 Å². The van der Waals surface area contributed by atoms with Crippen LogP contribution in [0.5, 0.6) is 5.75 Å². The first kappa shape index (κ1) is 9.27. The van der Waals surface area contributed by atoms with Crippen LogP contribution >= 0.6 is 0 Å². The van der Waals surface area contributed by atoms with Gasteiger partial charge in [-0.3, -0.25) is 0 Å². The van der Waals surface area contributed by atoms with Gasteiger partial charge in [0, 0.05) is 6.20 Å². The minimum Gasteiger partial charge on any atom is -0.490 e. The maximum Gasteiger partial charge on any atom is 0.142 e. The molecule has 1 aromatic heterocycles. The molecule has 1 aromatic carbocycles. The second-order valence-electron chi connectivity index (χ2n) is 3.81. The van der Waals surface area contributed by atoms with Gasteiger partial charge in [-0.05, 0) is 12.1 Å². The lowest BCUT2D eigenvalue weighted by atomic mass is 10.2. The molecule has 0 fully saturated rings. The van der Waals surface area contributed by atoms with Gasteiger partial charge < -0.3 is 14.6 Å². The number of aromatic nitrogens is 2. The number of rotatable bonds is 2. The standard InChI is InChI=1S/C12H13N3O/c1-2-4-12-11(3-1)15(5-6-16-12)8-10-7-13-9-14-10/h1-4,7,9H,5-6,8H2,(H,13,14). The Kier molecular flexibility index (Phi) is 2.25. The first-order chi connectivity index (χ1) is 7.93. The number of anilines is 1. The number of ether oxygens (including phenoxy) is 1. The summed E-state index contributed by atoms with van der Waals surface area (Å²) in [6, 6.07) is 8.13. The molecule has 4 nitrogen and oxygen atoms in total. The summed E-state index contributed by atoms with van der Waals surface area (Å²) in [5.41, 5.74) is 2.28. The lowest BCUT2D eigenvalue weighted by Crippen LogP contribution is -2.32. The van der Waals surface area contributed by atoms with Gasteiger partial charge in [0.1, 0.15) is 12.4 Å². The Balaban J connectivity index is 1.87. The van der Waals surface area contributed by atoms with Gasteiger partial charge in [0.2, 0.25) is 0 Å². The van der Waals surface area contributed by atoms with Crippen molar-refractivity contribution in [2.45, 2.75) is 6.54 Å². The van der Waals surface area contributed by atoms with Gasteiger partial charge in [-0.1, -0.05) is 12.1 Å². The average molecular weight is 215 g/mol. The van der Waals surface area contributed by atoms with Crippen molar-refractivity contribution in [2.24, 2.45) is 0 Å². The van der Waals surface area contributed by atoms with E-state index in [0.29, 0.717) is 0 Å². The molecule has 0 aliphatic carbocycles. The van der Waals surface area contributed by atoms with Gasteiger partial charge in [-0.25, -0.2) is 4.98 Å². The van der Waals surface area contributed by atoms with Crippen LogP contribution in [0.3, 0.4) is 0 Å². The van der Waals surface area contributed by atoms with E-state index in [1.165, 1.54) is 0 Å². The molecule has 0 radical (unpaired) electrons. The molecule has 0 atom stereocenters. The number of imidazole rings is 1. The van der Waals surface area contributed by atoms with Gasteiger partial charge >= 0.3 is 0 Å². The zero-order valence-corrected chi connectivity index (χ0v) is 8.89. The number of benzene rings is 1. The predicted molar refractivity (Wildman–Crippen MR) is 61.6 cm³/mol. The van der Waals surface area contributed by atoms with Crippen LogP contribution in [0.15, 0.2) is 36.8 Å². The molecule has 2 heterocycles. The van der Waals surface area contributed by atoms with E-state index in [0.717, 1.165) is 36.8 Å². The van der Waals surface area contributed by atoms with E-state index in [-0.39, 0.29) is 0 Å². The third kappa shape index (κ3) is 1.62. The second-order valence-corrected chi connectivity index (χ2v) is 3.81. The van der Waals surface area contributed by atoms with Crippen molar-refractivity contribution in [1.82, 2.24) is 9.97 Å². The van der Waals surface area contributed by atoms with E-state index >= 15 is 0 Å². The molecule has 4 heteroatoms. The Labute approximate surface area is 93.9 Å². The Morgan fingerprint density at radius 1 is 1.38 bits per heavy atom. The zero-order chi connectivity index (χ0) is 10.8. The summed E-state index contributed by atoms with van der Waals surface area (Å²) >= 11 is 0. The Morgan fingerprint density at radius 3 is 3.19 bits per heavy atom. The molecular weight excluding hydrogens is 202 g/mol. The third-order valence-electron chi connectivity index (χ3n) is 2.74. The molecule has 0 saturated heterocycles. The van der Waals surface area contributed by atoms with E-state index in [1.807, 2.05) is 24.4 Å². The second kappa shape index (κ2) is 3.89. The van der Waals surface area contributed by atoms with Crippen molar-refractivity contribution < 1.29 is 4.74 Å². The smallest absolute Gasteiger partial charge is 0.142 e. The molecule has 1 aliphatic rings. The van der Waals surface area contributed by atoms with Crippen molar-refractivity contribution in [2.75, 3.05) is 18.1 Å². The summed E-state index contributed by atoms with van der Waals surface area (Å²) < 4.78 is 5.61. The summed E-state index contributed by atoms with van der Waals surface area (Å²) in [6.45, 7) is 2.50. The topological polar surface area (TPSA) is 41.1 Å². The normalized spacial score (nSPS) is 14.4. The lowest BCUT2D eigenvalue weighted by molar-refractivity contribution is 0.306. The van der Waals surface area contributed by atoms with E-state index in [4.69, 9.17) is 4.74 Å². The summed E-state index contributed by atoms with van der Waals surface area (Å²) in [6.07, 6.45) is 3.57. The molecule has 1 N–H and O–H groups in total. The number of hydrogen-bond acceptors (Lipinski definition) is 3. The molecular formula is C12H13N3O. The Bertz CT molecular complexity index is 467. The zero-order valence-electron chi connectivity index (χ0n) is 8.89. The molecule has 16 heavy (non-hydrogen) atoms. The van der Waals surface area contributed by atoms with Crippen molar-refractivity contribution in [3.63, 3.8) is 0 Å². The average Bonchev–Trinajstić information content (AvgIpc) is 2.82. The fraction of sp³-hybridized carbons (Fsp3) is 0.250. The van der Waals surface area contributed by atoms with Crippen LogP contribution in [0.4, 0.5) is 5.69 Å². The number of nitrogens with zero attached hydrogens (tertiary/aromatic N) is 2. The first-order valence-corrected chi connectivity index (χ1v) is 5.37. The van der Waals surface area contributed by atoms with Gasteiger partial charge in [0.05, 0.1) is 30.8 Å². The lowest BCUT2D eigenvalue weighted by Gasteiger charge is -2.30. The molecule has 1 aliphatic heterocycles. The maximum absolute atomic E-state index is 5.61. The summed E-state index contributed by atoms with van der Waals surface area (Å²) in [5.74, 6) is 0.966. The summed E-state index contributed by atoms with van der Waals surface area (Å²) in [5, 5.41) is 0. The number of para-hydroxylation sites is 2. The Hall–Kier alpha value is -1.97. The largest absolute Gasteiger partial charge is 0.490 e. The minimum absolute atomic E-state index is 0.741. The number of aromatic amines is 1. The number of nitrogens with one attached hydrogen (secondary N) is 1. The van der Waals surface area contributed by atoms with Crippen LogP contribution in [-0.2, 0) is 6.54 Å². The maximum atomic E-state index is 5.61. The fourth-order valence-corrected chi connectivity index (χ4v) is 1.97.